The molecule has 1 heterocycles. The molecule has 2 rings (SSSR count). The van der Waals surface area contributed by atoms with Gasteiger partial charge in [-0.2, -0.15) is 4.98 Å². The van der Waals surface area contributed by atoms with Crippen LogP contribution >= 0.6 is 23.2 Å². The van der Waals surface area contributed by atoms with Gasteiger partial charge in [0.2, 0.25) is 0 Å². The molecule has 0 bridgehead atoms. The molecule has 2 aromatic rings. The maximum Gasteiger partial charge on any atom is 0.395 e. The van der Waals surface area contributed by atoms with Crippen LogP contribution in [0, 0.1) is 10.1 Å². The van der Waals surface area contributed by atoms with Gasteiger partial charge in [-0.25, -0.2) is 4.79 Å². The Morgan fingerprint density at radius 3 is 2.54 bits per heavy atom. The summed E-state index contributed by atoms with van der Waals surface area (Å²) >= 11 is 12.2. The third kappa shape index (κ3) is 5.21. The number of benzene rings is 1. The van der Waals surface area contributed by atoms with Crippen LogP contribution in [0.25, 0.3) is 12.2 Å². The second-order valence-electron chi connectivity index (χ2n) is 5.12. The summed E-state index contributed by atoms with van der Waals surface area (Å²) in [4.78, 5) is 38.3. The van der Waals surface area contributed by atoms with E-state index in [0.717, 1.165) is 0 Å². The van der Waals surface area contributed by atoms with E-state index in [0.29, 0.717) is 5.56 Å². The number of halogens is 2. The Balaban J connectivity index is 2.22. The second kappa shape index (κ2) is 9.20. The molecule has 0 spiro atoms. The van der Waals surface area contributed by atoms with E-state index in [2.05, 4.69) is 9.97 Å². The highest BCUT2D eigenvalue weighted by atomic mass is 35.5. The van der Waals surface area contributed by atoms with Crippen LogP contribution in [0.15, 0.2) is 16.9 Å². The van der Waals surface area contributed by atoms with Crippen LogP contribution in [-0.2, 0) is 9.53 Å². The third-order valence-electron chi connectivity index (χ3n) is 3.17. The van der Waals surface area contributed by atoms with Crippen molar-refractivity contribution in [3.63, 3.8) is 0 Å². The Morgan fingerprint density at radius 1 is 1.36 bits per heavy atom. The van der Waals surface area contributed by atoms with Crippen molar-refractivity contribution in [3.8, 4) is 11.6 Å². The number of nitro groups is 1. The van der Waals surface area contributed by atoms with E-state index in [9.17, 15) is 24.8 Å². The van der Waals surface area contributed by atoms with Crippen molar-refractivity contribution >= 4 is 47.0 Å². The van der Waals surface area contributed by atoms with E-state index < -0.39 is 28.0 Å². The zero-order chi connectivity index (χ0) is 20.8. The molecular formula is C16H13Cl2N3O7. The number of aromatic hydroxyl groups is 1. The number of hydrogen-bond donors (Lipinski definition) is 2. The third-order valence-corrected chi connectivity index (χ3v) is 3.73. The fourth-order valence-corrected chi connectivity index (χ4v) is 2.65. The highest BCUT2D eigenvalue weighted by Gasteiger charge is 2.21. The Bertz CT molecular complexity index is 981. The molecule has 12 heteroatoms. The van der Waals surface area contributed by atoms with Gasteiger partial charge >= 0.3 is 17.2 Å². The molecule has 1 aromatic carbocycles. The van der Waals surface area contributed by atoms with Crippen molar-refractivity contribution in [1.29, 1.82) is 0 Å². The van der Waals surface area contributed by atoms with Gasteiger partial charge < -0.3 is 19.6 Å². The van der Waals surface area contributed by atoms with E-state index >= 15 is 0 Å². The largest absolute Gasteiger partial charge is 0.488 e. The summed E-state index contributed by atoms with van der Waals surface area (Å²) in [6.07, 6.45) is 2.72. The van der Waals surface area contributed by atoms with Crippen LogP contribution in [0.4, 0.5) is 5.69 Å². The van der Waals surface area contributed by atoms with Crippen molar-refractivity contribution in [2.75, 3.05) is 13.2 Å². The first-order chi connectivity index (χ1) is 13.2. The zero-order valence-corrected chi connectivity index (χ0v) is 15.8. The van der Waals surface area contributed by atoms with Gasteiger partial charge in [0.25, 0.3) is 5.88 Å². The molecule has 0 aliphatic carbocycles. The molecule has 0 fully saturated rings. The van der Waals surface area contributed by atoms with Crippen LogP contribution < -0.4 is 10.3 Å². The smallest absolute Gasteiger partial charge is 0.395 e. The fraction of sp³-hybridized carbons (Fsp3) is 0.188. The molecular weight excluding hydrogens is 417 g/mol. The van der Waals surface area contributed by atoms with Gasteiger partial charge in [0, 0.05) is 0 Å². The Morgan fingerprint density at radius 2 is 2.00 bits per heavy atom. The lowest BCUT2D eigenvalue weighted by atomic mass is 10.2. The number of ether oxygens (including phenoxy) is 2. The van der Waals surface area contributed by atoms with Crippen LogP contribution in [0.5, 0.6) is 11.6 Å². The standard InChI is InChI=1S/C16H13Cl2N3O7/c1-2-27-12(22)7-28-14-9(17)5-8(6-10(14)18)3-4-11-19-15(23)13(21(25)26)16(24)20-11/h3-6H,2,7H2,1H3,(H2,19,20,23,24)/b4-3+. The van der Waals surface area contributed by atoms with Gasteiger partial charge in [-0.3, -0.25) is 14.9 Å². The lowest BCUT2D eigenvalue weighted by molar-refractivity contribution is -0.387. The lowest BCUT2D eigenvalue weighted by Crippen LogP contribution is -2.14. The van der Waals surface area contributed by atoms with E-state index in [1.54, 1.807) is 6.92 Å². The second-order valence-corrected chi connectivity index (χ2v) is 5.94. The van der Waals surface area contributed by atoms with Crippen molar-refractivity contribution < 1.29 is 24.3 Å². The van der Waals surface area contributed by atoms with Crippen LogP contribution in [0.1, 0.15) is 18.3 Å². The number of esters is 1. The topological polar surface area (TPSA) is 145 Å². The van der Waals surface area contributed by atoms with Crippen molar-refractivity contribution in [2.45, 2.75) is 6.92 Å². The van der Waals surface area contributed by atoms with E-state index in [1.165, 1.54) is 24.3 Å². The Hall–Kier alpha value is -3.11. The summed E-state index contributed by atoms with van der Waals surface area (Å²) in [5.74, 6) is -1.62. The maximum atomic E-state index is 11.6. The first-order valence-electron chi connectivity index (χ1n) is 7.66. The highest BCUT2D eigenvalue weighted by molar-refractivity contribution is 6.37. The van der Waals surface area contributed by atoms with Crippen molar-refractivity contribution in [1.82, 2.24) is 9.97 Å². The molecule has 0 saturated carbocycles. The quantitative estimate of drug-likeness (QED) is 0.388. The first kappa shape index (κ1) is 21.2. The average molecular weight is 430 g/mol. The molecule has 0 radical (unpaired) electrons. The van der Waals surface area contributed by atoms with E-state index in [-0.39, 0.29) is 34.8 Å². The zero-order valence-electron chi connectivity index (χ0n) is 14.3. The van der Waals surface area contributed by atoms with Crippen molar-refractivity contribution in [2.24, 2.45) is 0 Å². The lowest BCUT2D eigenvalue weighted by Gasteiger charge is -2.10. The highest BCUT2D eigenvalue weighted by Crippen LogP contribution is 2.34. The minimum atomic E-state index is -1.10. The number of carbonyl (C=O) groups excluding carboxylic acids is 1. The van der Waals surface area contributed by atoms with Crippen LogP contribution in [0.3, 0.4) is 0 Å². The van der Waals surface area contributed by atoms with Gasteiger partial charge in [0.15, 0.2) is 12.4 Å². The summed E-state index contributed by atoms with van der Waals surface area (Å²) in [7, 11) is 0. The molecule has 0 aliphatic heterocycles. The number of carbonyl (C=O) groups is 1. The van der Waals surface area contributed by atoms with E-state index in [4.69, 9.17) is 32.7 Å². The number of nitrogens with one attached hydrogen (secondary N) is 1. The summed E-state index contributed by atoms with van der Waals surface area (Å²) in [5, 5.41) is 20.4. The average Bonchev–Trinajstić information content (AvgIpc) is 2.58. The Kier molecular flexibility index (Phi) is 6.96. The van der Waals surface area contributed by atoms with Gasteiger partial charge in [-0.1, -0.05) is 29.3 Å². The SMILES string of the molecule is CCOC(=O)COc1c(Cl)cc(/C=C/c2nc(O)c([N+](=O)[O-])c(=O)[nH]2)cc1Cl. The summed E-state index contributed by atoms with van der Waals surface area (Å²) in [5.41, 5.74) is -1.68. The number of H-pyrrole nitrogens is 1. The number of aromatic nitrogens is 2. The predicted octanol–water partition coefficient (Wildman–Crippen LogP) is 2.80. The van der Waals surface area contributed by atoms with Gasteiger partial charge in [-0.05, 0) is 30.7 Å². The Labute approximate surface area is 167 Å². The minimum absolute atomic E-state index is 0.0908. The fourth-order valence-electron chi connectivity index (χ4n) is 2.04. The molecule has 0 atom stereocenters. The summed E-state index contributed by atoms with van der Waals surface area (Å²) < 4.78 is 9.98. The minimum Gasteiger partial charge on any atom is -0.488 e. The number of rotatable bonds is 7. The number of aromatic amines is 1. The van der Waals surface area contributed by atoms with Crippen LogP contribution in [-0.4, -0.2) is 39.2 Å². The van der Waals surface area contributed by atoms with Gasteiger partial charge in [-0.15, -0.1) is 0 Å². The molecule has 10 nitrogen and oxygen atoms in total. The van der Waals surface area contributed by atoms with E-state index in [1.807, 2.05) is 0 Å². The maximum absolute atomic E-state index is 11.6. The molecule has 0 unspecified atom stereocenters. The van der Waals surface area contributed by atoms with Crippen LogP contribution in [0.2, 0.25) is 10.0 Å². The molecule has 148 valence electrons. The first-order valence-corrected chi connectivity index (χ1v) is 8.41. The molecule has 1 aromatic heterocycles. The molecule has 2 N–H and O–H groups in total. The molecule has 0 saturated heterocycles. The predicted molar refractivity (Wildman–Crippen MR) is 101 cm³/mol. The van der Waals surface area contributed by atoms with Crippen molar-refractivity contribution in [3.05, 3.63) is 54.0 Å². The number of hydrogen-bond acceptors (Lipinski definition) is 8. The number of nitrogens with zero attached hydrogens (tertiary/aromatic N) is 2. The van der Waals surface area contributed by atoms with Gasteiger partial charge in [0.05, 0.1) is 21.6 Å². The van der Waals surface area contributed by atoms with Gasteiger partial charge in [0.1, 0.15) is 5.82 Å². The normalized spacial score (nSPS) is 10.8. The summed E-state index contributed by atoms with van der Waals surface area (Å²) in [6.45, 7) is 1.50. The summed E-state index contributed by atoms with van der Waals surface area (Å²) in [6, 6.07) is 2.93. The molecule has 28 heavy (non-hydrogen) atoms. The monoisotopic (exact) mass is 429 g/mol. The molecule has 0 aliphatic rings. The molecule has 0 amide bonds.